The lowest BCUT2D eigenvalue weighted by Crippen LogP contribution is -2.44. The maximum atomic E-state index is 5.85. The number of H-pyrrole nitrogens is 1. The van der Waals surface area contributed by atoms with E-state index >= 15 is 0 Å². The molecule has 4 aromatic rings. The summed E-state index contributed by atoms with van der Waals surface area (Å²) in [5.41, 5.74) is 14.0. The number of hydrogen-bond acceptors (Lipinski definition) is 6. The molecule has 3 heterocycles. The van der Waals surface area contributed by atoms with Gasteiger partial charge in [0.2, 0.25) is 0 Å². The van der Waals surface area contributed by atoms with E-state index in [1.54, 1.807) is 0 Å². The van der Waals surface area contributed by atoms with E-state index in [1.165, 1.54) is 22.5 Å². The number of nitrogens with zero attached hydrogens (tertiary/aromatic N) is 4. The number of likely N-dealkylation sites (N-methyl/N-ethyl adjacent to an activating group) is 1. The van der Waals surface area contributed by atoms with E-state index in [1.807, 2.05) is 0 Å². The molecule has 7 heteroatoms. The van der Waals surface area contributed by atoms with Crippen molar-refractivity contribution < 1.29 is 4.74 Å². The van der Waals surface area contributed by atoms with Gasteiger partial charge in [0.15, 0.2) is 0 Å². The minimum Gasteiger partial charge on any atom is -0.494 e. The maximum absolute atomic E-state index is 5.85. The smallest absolute Gasteiger partial charge is 0.138 e. The Hall–Kier alpha value is -3.55. The lowest BCUT2D eigenvalue weighted by Gasteiger charge is -2.34. The first-order valence-electron chi connectivity index (χ1n) is 13.4. The first-order valence-corrected chi connectivity index (χ1v) is 13.4. The average molecular weight is 497 g/mol. The van der Waals surface area contributed by atoms with Crippen LogP contribution in [0.25, 0.3) is 22.4 Å². The van der Waals surface area contributed by atoms with Crippen LogP contribution in [0.15, 0.2) is 60.7 Å². The highest BCUT2D eigenvalue weighted by molar-refractivity contribution is 5.83. The Bertz CT molecular complexity index is 1370. The van der Waals surface area contributed by atoms with Crippen LogP contribution in [0.4, 0.5) is 11.4 Å². The minimum atomic E-state index is 0.657. The Balaban J connectivity index is 1.18. The fraction of sp³-hybridized carbons (Fsp3) is 0.367. The average Bonchev–Trinajstić information content (AvgIpc) is 3.37. The zero-order chi connectivity index (χ0) is 25.2. The van der Waals surface area contributed by atoms with Crippen molar-refractivity contribution >= 4 is 22.4 Å². The molecule has 3 aromatic carbocycles. The molecule has 2 aliphatic rings. The molecule has 6 rings (SSSR count). The molecular formula is C30H36N6O. The van der Waals surface area contributed by atoms with Gasteiger partial charge in [0, 0.05) is 56.2 Å². The van der Waals surface area contributed by atoms with Crippen molar-refractivity contribution in [3.8, 4) is 17.1 Å². The normalized spacial score (nSPS) is 16.3. The summed E-state index contributed by atoms with van der Waals surface area (Å²) >= 11 is 0. The van der Waals surface area contributed by atoms with E-state index in [0.717, 1.165) is 80.3 Å². The number of nitrogens with two attached hydrogens (primary N) is 1. The molecule has 37 heavy (non-hydrogen) atoms. The van der Waals surface area contributed by atoms with Crippen molar-refractivity contribution in [2.45, 2.75) is 19.4 Å². The molecule has 0 aliphatic carbocycles. The summed E-state index contributed by atoms with van der Waals surface area (Å²) in [6.45, 7) is 7.54. The van der Waals surface area contributed by atoms with Crippen molar-refractivity contribution in [2.24, 2.45) is 5.73 Å². The number of aromatic amines is 1. The molecule has 0 unspecified atom stereocenters. The van der Waals surface area contributed by atoms with Crippen LogP contribution in [0.1, 0.15) is 17.5 Å². The summed E-state index contributed by atoms with van der Waals surface area (Å²) in [5, 5.41) is 0. The second kappa shape index (κ2) is 10.4. The van der Waals surface area contributed by atoms with Crippen LogP contribution in [-0.4, -0.2) is 67.8 Å². The molecule has 0 amide bonds. The van der Waals surface area contributed by atoms with Crippen LogP contribution < -0.4 is 20.3 Å². The standard InChI is InChI=1S/C30H36N6O/c1-34-13-15-35(16-14-34)26-7-9-28-29(20-26)33-30(32-28)23-4-2-5-25(18-23)36-12-10-22-19-27(37-17-3-11-31)8-6-24(22)21-36/h2,4-9,18-20H,3,10-17,21,31H2,1H3,(H,32,33). The zero-order valence-electron chi connectivity index (χ0n) is 21.6. The molecule has 1 fully saturated rings. The van der Waals surface area contributed by atoms with E-state index in [2.05, 4.69) is 87.4 Å². The third-order valence-corrected chi connectivity index (χ3v) is 7.63. The summed E-state index contributed by atoms with van der Waals surface area (Å²) in [5.74, 6) is 1.87. The van der Waals surface area contributed by atoms with Gasteiger partial charge >= 0.3 is 0 Å². The third-order valence-electron chi connectivity index (χ3n) is 7.63. The molecule has 192 valence electrons. The summed E-state index contributed by atoms with van der Waals surface area (Å²) in [4.78, 5) is 15.8. The topological polar surface area (TPSA) is 73.7 Å². The maximum Gasteiger partial charge on any atom is 0.138 e. The van der Waals surface area contributed by atoms with Crippen LogP contribution >= 0.6 is 0 Å². The molecule has 2 aliphatic heterocycles. The van der Waals surface area contributed by atoms with Crippen molar-refractivity contribution in [1.82, 2.24) is 14.9 Å². The monoisotopic (exact) mass is 496 g/mol. The van der Waals surface area contributed by atoms with Gasteiger partial charge in [-0.25, -0.2) is 4.98 Å². The number of imidazole rings is 1. The lowest BCUT2D eigenvalue weighted by atomic mass is 9.98. The van der Waals surface area contributed by atoms with Gasteiger partial charge in [-0.1, -0.05) is 18.2 Å². The Morgan fingerprint density at radius 2 is 1.76 bits per heavy atom. The highest BCUT2D eigenvalue weighted by atomic mass is 16.5. The number of fused-ring (bicyclic) bond motifs is 2. The number of hydrogen-bond donors (Lipinski definition) is 2. The van der Waals surface area contributed by atoms with Crippen LogP contribution in [0.2, 0.25) is 0 Å². The second-order valence-corrected chi connectivity index (χ2v) is 10.2. The van der Waals surface area contributed by atoms with Gasteiger partial charge in [-0.15, -0.1) is 0 Å². The first kappa shape index (κ1) is 23.8. The predicted molar refractivity (Wildman–Crippen MR) is 152 cm³/mol. The third kappa shape index (κ3) is 5.15. The summed E-state index contributed by atoms with van der Waals surface area (Å²) < 4.78 is 5.85. The van der Waals surface area contributed by atoms with Crippen molar-refractivity contribution in [1.29, 1.82) is 0 Å². The van der Waals surface area contributed by atoms with Crippen LogP contribution in [0.3, 0.4) is 0 Å². The van der Waals surface area contributed by atoms with Gasteiger partial charge in [0.25, 0.3) is 0 Å². The second-order valence-electron chi connectivity index (χ2n) is 10.2. The van der Waals surface area contributed by atoms with Crippen molar-refractivity contribution in [3.05, 3.63) is 71.8 Å². The van der Waals surface area contributed by atoms with E-state index in [0.29, 0.717) is 13.2 Å². The number of nitrogens with one attached hydrogen (secondary N) is 1. The molecular weight excluding hydrogens is 460 g/mol. The summed E-state index contributed by atoms with van der Waals surface area (Å²) in [6, 6.07) is 21.8. The van der Waals surface area contributed by atoms with E-state index in [4.69, 9.17) is 15.5 Å². The van der Waals surface area contributed by atoms with E-state index in [-0.39, 0.29) is 0 Å². The number of ether oxygens (including phenoxy) is 1. The predicted octanol–water partition coefficient (Wildman–Crippen LogP) is 4.27. The van der Waals surface area contributed by atoms with Crippen molar-refractivity contribution in [3.63, 3.8) is 0 Å². The molecule has 0 radical (unpaired) electrons. The quantitative estimate of drug-likeness (QED) is 0.372. The van der Waals surface area contributed by atoms with Gasteiger partial charge in [0.05, 0.1) is 17.6 Å². The fourth-order valence-electron chi connectivity index (χ4n) is 5.36. The molecule has 3 N–H and O–H groups in total. The van der Waals surface area contributed by atoms with Gasteiger partial charge in [-0.3, -0.25) is 0 Å². The van der Waals surface area contributed by atoms with Gasteiger partial charge < -0.3 is 30.2 Å². The Morgan fingerprint density at radius 3 is 2.62 bits per heavy atom. The van der Waals surface area contributed by atoms with Crippen molar-refractivity contribution in [2.75, 3.05) is 62.7 Å². The van der Waals surface area contributed by atoms with Gasteiger partial charge in [-0.05, 0) is 80.0 Å². The molecule has 0 spiro atoms. The SMILES string of the molecule is CN1CCN(c2ccc3nc(-c4cccc(N5CCc6cc(OCCCN)ccc6C5)c4)[nH]c3c2)CC1. The Morgan fingerprint density at radius 1 is 0.892 bits per heavy atom. The first-order chi connectivity index (χ1) is 18.2. The number of rotatable bonds is 7. The van der Waals surface area contributed by atoms with Gasteiger partial charge in [0.1, 0.15) is 11.6 Å². The van der Waals surface area contributed by atoms with Crippen LogP contribution in [-0.2, 0) is 13.0 Å². The molecule has 0 saturated carbocycles. The number of aromatic nitrogens is 2. The Kier molecular flexibility index (Phi) is 6.72. The highest BCUT2D eigenvalue weighted by Gasteiger charge is 2.19. The molecule has 1 aromatic heterocycles. The molecule has 0 bridgehead atoms. The number of anilines is 2. The molecule has 0 atom stereocenters. The molecule has 7 nitrogen and oxygen atoms in total. The number of piperazine rings is 1. The minimum absolute atomic E-state index is 0.657. The summed E-state index contributed by atoms with van der Waals surface area (Å²) in [6.07, 6.45) is 1.89. The Labute approximate surface area is 218 Å². The number of benzene rings is 3. The fourth-order valence-corrected chi connectivity index (χ4v) is 5.36. The zero-order valence-corrected chi connectivity index (χ0v) is 21.6. The highest BCUT2D eigenvalue weighted by Crippen LogP contribution is 2.31. The van der Waals surface area contributed by atoms with E-state index < -0.39 is 0 Å². The largest absolute Gasteiger partial charge is 0.494 e. The van der Waals surface area contributed by atoms with Gasteiger partial charge in [-0.2, -0.15) is 0 Å². The van der Waals surface area contributed by atoms with Crippen LogP contribution in [0.5, 0.6) is 5.75 Å². The van der Waals surface area contributed by atoms with Crippen LogP contribution in [0, 0.1) is 0 Å². The van der Waals surface area contributed by atoms with E-state index in [9.17, 15) is 0 Å². The lowest BCUT2D eigenvalue weighted by molar-refractivity contribution is 0.313. The summed E-state index contributed by atoms with van der Waals surface area (Å²) in [7, 11) is 2.19. The molecule has 1 saturated heterocycles.